The zero-order valence-electron chi connectivity index (χ0n) is 11.3. The summed E-state index contributed by atoms with van der Waals surface area (Å²) in [5.74, 6) is -0.0682. The van der Waals surface area contributed by atoms with E-state index in [2.05, 4.69) is 15.4 Å². The van der Waals surface area contributed by atoms with Gasteiger partial charge in [-0.25, -0.2) is 0 Å². The normalized spacial score (nSPS) is 10.3. The number of anilines is 1. The molecule has 0 spiro atoms. The molecule has 100 valence electrons. The molecule has 2 rings (SSSR count). The number of aromatic nitrogens is 3. The molecule has 19 heavy (non-hydrogen) atoms. The zero-order valence-corrected chi connectivity index (χ0v) is 11.3. The average Bonchev–Trinajstić information content (AvgIpc) is 2.83. The van der Waals surface area contributed by atoms with Crippen LogP contribution in [0.1, 0.15) is 15.9 Å². The van der Waals surface area contributed by atoms with Crippen molar-refractivity contribution in [1.29, 1.82) is 0 Å². The molecule has 0 aliphatic rings. The Morgan fingerprint density at radius 3 is 2.89 bits per heavy atom. The lowest BCUT2D eigenvalue weighted by Crippen LogP contribution is -2.26. The molecule has 2 heterocycles. The minimum Gasteiger partial charge on any atom is -0.387 e. The maximum Gasteiger partial charge on any atom is 0.257 e. The highest BCUT2D eigenvalue weighted by molar-refractivity contribution is 5.99. The first kappa shape index (κ1) is 13.1. The standard InChI is InChI=1S/C13H17N5O/c1-14-12-4-5-15-7-11(12)13(19)17(2)8-10-6-16-18(3)9-10/h4-7,9H,8H2,1-3H3,(H,14,15). The molecule has 6 heteroatoms. The van der Waals surface area contributed by atoms with E-state index in [1.165, 1.54) is 0 Å². The molecular weight excluding hydrogens is 242 g/mol. The fraction of sp³-hybridized carbons (Fsp3) is 0.308. The van der Waals surface area contributed by atoms with Gasteiger partial charge in [-0.3, -0.25) is 14.5 Å². The van der Waals surface area contributed by atoms with Crippen molar-refractivity contribution in [3.63, 3.8) is 0 Å². The molecule has 1 N–H and O–H groups in total. The minimum atomic E-state index is -0.0682. The number of carbonyl (C=O) groups is 1. The quantitative estimate of drug-likeness (QED) is 0.894. The molecule has 0 saturated carbocycles. The molecule has 0 radical (unpaired) electrons. The first-order valence-electron chi connectivity index (χ1n) is 5.96. The Bertz CT molecular complexity index is 578. The van der Waals surface area contributed by atoms with E-state index in [-0.39, 0.29) is 5.91 Å². The van der Waals surface area contributed by atoms with Gasteiger partial charge < -0.3 is 10.2 Å². The lowest BCUT2D eigenvalue weighted by atomic mass is 10.2. The van der Waals surface area contributed by atoms with E-state index in [0.717, 1.165) is 11.3 Å². The number of nitrogens with zero attached hydrogens (tertiary/aromatic N) is 4. The SMILES string of the molecule is CNc1ccncc1C(=O)N(C)Cc1cnn(C)c1. The lowest BCUT2D eigenvalue weighted by Gasteiger charge is -2.17. The van der Waals surface area contributed by atoms with Gasteiger partial charge in [0.2, 0.25) is 0 Å². The lowest BCUT2D eigenvalue weighted by molar-refractivity contribution is 0.0785. The van der Waals surface area contributed by atoms with Gasteiger partial charge in [-0.15, -0.1) is 0 Å². The Morgan fingerprint density at radius 2 is 2.26 bits per heavy atom. The third-order valence-electron chi connectivity index (χ3n) is 2.85. The molecular formula is C13H17N5O. The largest absolute Gasteiger partial charge is 0.387 e. The Balaban J connectivity index is 2.14. The maximum absolute atomic E-state index is 12.4. The molecule has 0 saturated heterocycles. The van der Waals surface area contributed by atoms with Crippen LogP contribution in [0.4, 0.5) is 5.69 Å². The molecule has 0 aromatic carbocycles. The molecule has 2 aromatic rings. The van der Waals surface area contributed by atoms with Crippen LogP contribution in [0, 0.1) is 0 Å². The van der Waals surface area contributed by atoms with Crippen LogP contribution in [0.3, 0.4) is 0 Å². The molecule has 1 amide bonds. The highest BCUT2D eigenvalue weighted by Gasteiger charge is 2.16. The summed E-state index contributed by atoms with van der Waals surface area (Å²) in [6.45, 7) is 0.519. The van der Waals surface area contributed by atoms with Gasteiger partial charge in [0.05, 0.1) is 11.8 Å². The number of nitrogens with one attached hydrogen (secondary N) is 1. The second-order valence-corrected chi connectivity index (χ2v) is 4.35. The van der Waals surface area contributed by atoms with E-state index in [1.54, 1.807) is 48.3 Å². The average molecular weight is 259 g/mol. The highest BCUT2D eigenvalue weighted by Crippen LogP contribution is 2.15. The van der Waals surface area contributed by atoms with Crippen LogP contribution in [0.5, 0.6) is 0 Å². The summed E-state index contributed by atoms with van der Waals surface area (Å²) in [5, 5.41) is 7.08. The van der Waals surface area contributed by atoms with Gasteiger partial charge in [0.15, 0.2) is 0 Å². The van der Waals surface area contributed by atoms with E-state index in [9.17, 15) is 4.79 Å². The van der Waals surface area contributed by atoms with Crippen molar-refractivity contribution in [1.82, 2.24) is 19.7 Å². The first-order valence-corrected chi connectivity index (χ1v) is 5.96. The van der Waals surface area contributed by atoms with Crippen molar-refractivity contribution in [2.45, 2.75) is 6.54 Å². The van der Waals surface area contributed by atoms with Crippen LogP contribution in [0.15, 0.2) is 30.9 Å². The van der Waals surface area contributed by atoms with Gasteiger partial charge in [0, 0.05) is 57.5 Å². The maximum atomic E-state index is 12.4. The summed E-state index contributed by atoms with van der Waals surface area (Å²) < 4.78 is 1.72. The number of hydrogen-bond donors (Lipinski definition) is 1. The third-order valence-corrected chi connectivity index (χ3v) is 2.85. The Hall–Kier alpha value is -2.37. The summed E-state index contributed by atoms with van der Waals surface area (Å²) in [6.07, 6.45) is 6.88. The fourth-order valence-corrected chi connectivity index (χ4v) is 1.89. The third kappa shape index (κ3) is 2.90. The van der Waals surface area contributed by atoms with E-state index in [0.29, 0.717) is 12.1 Å². The van der Waals surface area contributed by atoms with E-state index in [1.807, 2.05) is 13.2 Å². The van der Waals surface area contributed by atoms with Crippen molar-refractivity contribution < 1.29 is 4.79 Å². The van der Waals surface area contributed by atoms with Gasteiger partial charge in [-0.05, 0) is 6.07 Å². The predicted octanol–water partition coefficient (Wildman–Crippen LogP) is 1.13. The van der Waals surface area contributed by atoms with Gasteiger partial charge in [0.25, 0.3) is 5.91 Å². The van der Waals surface area contributed by atoms with Crippen LogP contribution in [0.25, 0.3) is 0 Å². The Morgan fingerprint density at radius 1 is 1.47 bits per heavy atom. The van der Waals surface area contributed by atoms with Gasteiger partial charge in [-0.2, -0.15) is 5.10 Å². The molecule has 6 nitrogen and oxygen atoms in total. The van der Waals surface area contributed by atoms with Crippen molar-refractivity contribution in [3.05, 3.63) is 42.0 Å². The number of hydrogen-bond acceptors (Lipinski definition) is 4. The van der Waals surface area contributed by atoms with Gasteiger partial charge in [0.1, 0.15) is 0 Å². The molecule has 2 aromatic heterocycles. The molecule has 0 fully saturated rings. The highest BCUT2D eigenvalue weighted by atomic mass is 16.2. The molecule has 0 aliphatic heterocycles. The van der Waals surface area contributed by atoms with Gasteiger partial charge >= 0.3 is 0 Å². The minimum absolute atomic E-state index is 0.0682. The summed E-state index contributed by atoms with van der Waals surface area (Å²) >= 11 is 0. The van der Waals surface area contributed by atoms with Crippen molar-refractivity contribution in [3.8, 4) is 0 Å². The van der Waals surface area contributed by atoms with E-state index < -0.39 is 0 Å². The number of carbonyl (C=O) groups excluding carboxylic acids is 1. The smallest absolute Gasteiger partial charge is 0.257 e. The number of pyridine rings is 1. The number of rotatable bonds is 4. The fourth-order valence-electron chi connectivity index (χ4n) is 1.89. The second kappa shape index (κ2) is 5.51. The van der Waals surface area contributed by atoms with Crippen LogP contribution < -0.4 is 5.32 Å². The van der Waals surface area contributed by atoms with Gasteiger partial charge in [-0.1, -0.05) is 0 Å². The van der Waals surface area contributed by atoms with Crippen LogP contribution in [0.2, 0.25) is 0 Å². The summed E-state index contributed by atoms with van der Waals surface area (Å²) in [7, 11) is 5.40. The van der Waals surface area contributed by atoms with Crippen molar-refractivity contribution >= 4 is 11.6 Å². The monoisotopic (exact) mass is 259 g/mol. The van der Waals surface area contributed by atoms with E-state index >= 15 is 0 Å². The number of aryl methyl sites for hydroxylation is 1. The van der Waals surface area contributed by atoms with Crippen LogP contribution in [-0.2, 0) is 13.6 Å². The summed E-state index contributed by atoms with van der Waals surface area (Å²) in [6, 6.07) is 1.78. The van der Waals surface area contributed by atoms with E-state index in [4.69, 9.17) is 0 Å². The van der Waals surface area contributed by atoms with Crippen molar-refractivity contribution in [2.75, 3.05) is 19.4 Å². The van der Waals surface area contributed by atoms with Crippen molar-refractivity contribution in [2.24, 2.45) is 7.05 Å². The molecule has 0 unspecified atom stereocenters. The summed E-state index contributed by atoms with van der Waals surface area (Å²) in [4.78, 5) is 18.0. The molecule has 0 atom stereocenters. The molecule has 0 aliphatic carbocycles. The molecule has 0 bridgehead atoms. The topological polar surface area (TPSA) is 63.1 Å². The van der Waals surface area contributed by atoms with Crippen LogP contribution in [-0.4, -0.2) is 39.7 Å². The summed E-state index contributed by atoms with van der Waals surface area (Å²) in [5.41, 5.74) is 2.34. The first-order chi connectivity index (χ1) is 9.11. The number of amides is 1. The van der Waals surface area contributed by atoms with Crippen LogP contribution >= 0.6 is 0 Å². The second-order valence-electron chi connectivity index (χ2n) is 4.35. The zero-order chi connectivity index (χ0) is 13.8. The Kier molecular flexibility index (Phi) is 3.79. The Labute approximate surface area is 112 Å². The predicted molar refractivity (Wildman–Crippen MR) is 72.8 cm³/mol.